The number of carbonyl (C=O) groups excluding carboxylic acids is 1. The van der Waals surface area contributed by atoms with Gasteiger partial charge in [-0.2, -0.15) is 5.26 Å². The number of nitriles is 1. The van der Waals surface area contributed by atoms with Gasteiger partial charge in [0.05, 0.1) is 35.7 Å². The first kappa shape index (κ1) is 17.8. The van der Waals surface area contributed by atoms with Crippen molar-refractivity contribution in [3.63, 3.8) is 0 Å². The lowest BCUT2D eigenvalue weighted by atomic mass is 10.2. The molecule has 0 bridgehead atoms. The quantitative estimate of drug-likeness (QED) is 0.893. The number of nitrogens with one attached hydrogen (secondary N) is 1. The molecule has 0 spiro atoms. The number of halogens is 1. The van der Waals surface area contributed by atoms with Crippen LogP contribution < -0.4 is 5.32 Å². The zero-order chi connectivity index (χ0) is 18.4. The number of hydrogen-bond donors (Lipinski definition) is 1. The second kappa shape index (κ2) is 8.41. The molecule has 1 aromatic carbocycles. The number of carbonyl (C=O) groups is 1. The van der Waals surface area contributed by atoms with Gasteiger partial charge in [-0.25, -0.2) is 9.18 Å². The highest BCUT2D eigenvalue weighted by molar-refractivity contribution is 5.89. The Morgan fingerprint density at radius 2 is 2.31 bits per heavy atom. The van der Waals surface area contributed by atoms with Crippen LogP contribution >= 0.6 is 0 Å². The molecule has 2 heterocycles. The fraction of sp³-hybridized carbons (Fsp3) is 0.316. The summed E-state index contributed by atoms with van der Waals surface area (Å²) in [6, 6.07) is 10.9. The monoisotopic (exact) mass is 354 g/mol. The summed E-state index contributed by atoms with van der Waals surface area (Å²) < 4.78 is 19.7. The predicted octanol–water partition coefficient (Wildman–Crippen LogP) is 3.31. The zero-order valence-corrected chi connectivity index (χ0v) is 14.2. The average molecular weight is 354 g/mol. The molecule has 1 aliphatic rings. The number of aromatic nitrogens is 1. The maximum absolute atomic E-state index is 14.1. The van der Waals surface area contributed by atoms with E-state index in [1.54, 1.807) is 17.2 Å². The Balaban J connectivity index is 1.74. The minimum atomic E-state index is -0.646. The van der Waals surface area contributed by atoms with Gasteiger partial charge in [-0.3, -0.25) is 4.98 Å². The van der Waals surface area contributed by atoms with E-state index in [-0.39, 0.29) is 17.4 Å². The molecule has 0 radical (unpaired) electrons. The van der Waals surface area contributed by atoms with Crippen molar-refractivity contribution in [1.82, 2.24) is 9.88 Å². The molecule has 1 saturated heterocycles. The molecule has 1 N–H and O–H groups in total. The third-order valence-corrected chi connectivity index (χ3v) is 4.15. The molecule has 1 aliphatic heterocycles. The van der Waals surface area contributed by atoms with Gasteiger partial charge in [0.25, 0.3) is 0 Å². The van der Waals surface area contributed by atoms with E-state index in [2.05, 4.69) is 10.3 Å². The SMILES string of the molecule is N#Cc1ccc(NC(=O)N(Cc2ccccn2)CC2CCCO2)c(F)c1. The highest BCUT2D eigenvalue weighted by Crippen LogP contribution is 2.18. The van der Waals surface area contributed by atoms with E-state index in [4.69, 9.17) is 10.00 Å². The lowest BCUT2D eigenvalue weighted by Gasteiger charge is -2.25. The molecule has 2 aromatic rings. The van der Waals surface area contributed by atoms with E-state index in [0.717, 1.165) is 24.6 Å². The molecule has 0 saturated carbocycles. The topological polar surface area (TPSA) is 78.3 Å². The lowest BCUT2D eigenvalue weighted by molar-refractivity contribution is 0.0816. The molecular formula is C19H19FN4O2. The van der Waals surface area contributed by atoms with Crippen LogP contribution in [0.4, 0.5) is 14.9 Å². The molecule has 0 aliphatic carbocycles. The van der Waals surface area contributed by atoms with Gasteiger partial charge in [0.15, 0.2) is 0 Å². The number of nitrogens with zero attached hydrogens (tertiary/aromatic N) is 3. The summed E-state index contributed by atoms with van der Waals surface area (Å²) >= 11 is 0. The number of pyridine rings is 1. The number of amides is 2. The first-order chi connectivity index (χ1) is 12.7. The smallest absolute Gasteiger partial charge is 0.322 e. The first-order valence-corrected chi connectivity index (χ1v) is 8.43. The fourth-order valence-corrected chi connectivity index (χ4v) is 2.82. The Kier molecular flexibility index (Phi) is 5.77. The van der Waals surface area contributed by atoms with Gasteiger partial charge in [0.2, 0.25) is 0 Å². The van der Waals surface area contributed by atoms with Crippen LogP contribution in [0.15, 0.2) is 42.6 Å². The van der Waals surface area contributed by atoms with Crippen molar-refractivity contribution < 1.29 is 13.9 Å². The molecule has 26 heavy (non-hydrogen) atoms. The summed E-state index contributed by atoms with van der Waals surface area (Å²) in [6.45, 7) is 1.39. The summed E-state index contributed by atoms with van der Waals surface area (Å²) in [5, 5.41) is 11.4. The molecule has 1 atom stereocenters. The molecule has 1 unspecified atom stereocenters. The number of rotatable bonds is 5. The van der Waals surface area contributed by atoms with E-state index >= 15 is 0 Å². The van der Waals surface area contributed by atoms with E-state index < -0.39 is 11.8 Å². The molecule has 134 valence electrons. The molecule has 2 amide bonds. The Labute approximate surface area is 151 Å². The minimum absolute atomic E-state index is 0.0322. The van der Waals surface area contributed by atoms with Crippen molar-refractivity contribution in [2.24, 2.45) is 0 Å². The van der Waals surface area contributed by atoms with Gasteiger partial charge >= 0.3 is 6.03 Å². The van der Waals surface area contributed by atoms with Crippen molar-refractivity contribution in [3.05, 3.63) is 59.7 Å². The molecule has 1 aromatic heterocycles. The Morgan fingerprint density at radius 1 is 1.42 bits per heavy atom. The van der Waals surface area contributed by atoms with Crippen molar-refractivity contribution in [1.29, 1.82) is 5.26 Å². The van der Waals surface area contributed by atoms with E-state index in [9.17, 15) is 9.18 Å². The van der Waals surface area contributed by atoms with Crippen LogP contribution in [0.25, 0.3) is 0 Å². The first-order valence-electron chi connectivity index (χ1n) is 8.43. The average Bonchev–Trinajstić information content (AvgIpc) is 3.17. The molecule has 1 fully saturated rings. The van der Waals surface area contributed by atoms with Crippen LogP contribution in [0.5, 0.6) is 0 Å². The standard InChI is InChI=1S/C19H19FN4O2/c20-17-10-14(11-21)6-7-18(17)23-19(25)24(13-16-5-3-9-26-16)12-15-4-1-2-8-22-15/h1-2,4,6-8,10,16H,3,5,9,12-13H2,(H,23,25). The number of benzene rings is 1. The summed E-state index contributed by atoms with van der Waals surface area (Å²) in [6.07, 6.45) is 3.48. The number of ether oxygens (including phenoxy) is 1. The van der Waals surface area contributed by atoms with Crippen molar-refractivity contribution in [3.8, 4) is 6.07 Å². The second-order valence-corrected chi connectivity index (χ2v) is 6.07. The third-order valence-electron chi connectivity index (χ3n) is 4.15. The molecule has 6 nitrogen and oxygen atoms in total. The van der Waals surface area contributed by atoms with Crippen molar-refractivity contribution >= 4 is 11.7 Å². The number of anilines is 1. The zero-order valence-electron chi connectivity index (χ0n) is 14.2. The maximum Gasteiger partial charge on any atom is 0.322 e. The van der Waals surface area contributed by atoms with Gasteiger partial charge in [0.1, 0.15) is 5.82 Å². The van der Waals surface area contributed by atoms with Crippen LogP contribution in [0.2, 0.25) is 0 Å². The highest BCUT2D eigenvalue weighted by Gasteiger charge is 2.23. The van der Waals surface area contributed by atoms with Crippen LogP contribution in [0, 0.1) is 17.1 Å². The van der Waals surface area contributed by atoms with Gasteiger partial charge in [0, 0.05) is 19.3 Å². The Morgan fingerprint density at radius 3 is 2.96 bits per heavy atom. The largest absolute Gasteiger partial charge is 0.376 e. The van der Waals surface area contributed by atoms with Gasteiger partial charge < -0.3 is 15.0 Å². The van der Waals surface area contributed by atoms with Gasteiger partial charge in [-0.1, -0.05) is 6.07 Å². The van der Waals surface area contributed by atoms with E-state index in [0.29, 0.717) is 19.7 Å². The van der Waals surface area contributed by atoms with Crippen molar-refractivity contribution in [2.45, 2.75) is 25.5 Å². The molecule has 3 rings (SSSR count). The summed E-state index contributed by atoms with van der Waals surface area (Å²) in [5.41, 5.74) is 0.971. The van der Waals surface area contributed by atoms with Crippen LogP contribution in [0.1, 0.15) is 24.1 Å². The molecule has 7 heteroatoms. The van der Waals surface area contributed by atoms with E-state index in [1.807, 2.05) is 18.2 Å². The van der Waals surface area contributed by atoms with Crippen LogP contribution in [-0.2, 0) is 11.3 Å². The second-order valence-electron chi connectivity index (χ2n) is 6.07. The molecular weight excluding hydrogens is 335 g/mol. The number of urea groups is 1. The van der Waals surface area contributed by atoms with Crippen LogP contribution in [-0.4, -0.2) is 35.2 Å². The summed E-state index contributed by atoms with van der Waals surface area (Å²) in [5.74, 6) is -0.646. The van der Waals surface area contributed by atoms with E-state index in [1.165, 1.54) is 12.1 Å². The van der Waals surface area contributed by atoms with Gasteiger partial charge in [-0.15, -0.1) is 0 Å². The Hall–Kier alpha value is -2.98. The summed E-state index contributed by atoms with van der Waals surface area (Å²) in [4.78, 5) is 18.5. The normalized spacial score (nSPS) is 16.1. The van der Waals surface area contributed by atoms with Gasteiger partial charge in [-0.05, 0) is 43.2 Å². The Bertz CT molecular complexity index is 801. The van der Waals surface area contributed by atoms with Crippen molar-refractivity contribution in [2.75, 3.05) is 18.5 Å². The lowest BCUT2D eigenvalue weighted by Crippen LogP contribution is -2.40. The predicted molar refractivity (Wildman–Crippen MR) is 93.8 cm³/mol. The fourth-order valence-electron chi connectivity index (χ4n) is 2.82. The number of hydrogen-bond acceptors (Lipinski definition) is 4. The third kappa shape index (κ3) is 4.55. The maximum atomic E-state index is 14.1. The van der Waals surface area contributed by atoms with Crippen LogP contribution in [0.3, 0.4) is 0 Å². The minimum Gasteiger partial charge on any atom is -0.376 e. The highest BCUT2D eigenvalue weighted by atomic mass is 19.1. The summed E-state index contributed by atoms with van der Waals surface area (Å²) in [7, 11) is 0.